The molecule has 1 unspecified atom stereocenters. The molecule has 31 heavy (non-hydrogen) atoms. The second-order valence-corrected chi connectivity index (χ2v) is 8.01. The lowest BCUT2D eigenvalue weighted by molar-refractivity contribution is -0.124. The molecule has 0 aliphatic rings. The summed E-state index contributed by atoms with van der Waals surface area (Å²) in [4.78, 5) is 24.3. The number of primary sulfonamides is 1. The van der Waals surface area contributed by atoms with E-state index in [1.54, 1.807) is 31.2 Å². The molecule has 0 spiro atoms. The number of benzene rings is 2. The molecule has 0 fully saturated rings. The first-order valence-corrected chi connectivity index (χ1v) is 10.7. The average Bonchev–Trinajstić information content (AvgIpc) is 2.75. The number of nitrogens with two attached hydrogens (primary N) is 1. The number of sulfonamides is 1. The van der Waals surface area contributed by atoms with Crippen molar-refractivity contribution in [3.8, 4) is 11.5 Å². The van der Waals surface area contributed by atoms with Crippen molar-refractivity contribution < 1.29 is 32.2 Å². The summed E-state index contributed by atoms with van der Waals surface area (Å²) in [6, 6.07) is 9.85. The summed E-state index contributed by atoms with van der Waals surface area (Å²) in [5, 5.41) is 7.73. The van der Waals surface area contributed by atoms with Gasteiger partial charge in [0.05, 0.1) is 23.6 Å². The molecule has 0 aliphatic carbocycles. The Kier molecular flexibility index (Phi) is 8.17. The van der Waals surface area contributed by atoms with E-state index in [0.29, 0.717) is 17.1 Å². The molecule has 1 amide bonds. The van der Waals surface area contributed by atoms with Crippen LogP contribution in [0.4, 0.5) is 0 Å². The van der Waals surface area contributed by atoms with Gasteiger partial charge in [-0.1, -0.05) is 24.8 Å². The third kappa shape index (κ3) is 6.83. The van der Waals surface area contributed by atoms with Crippen LogP contribution in [0, 0.1) is 0 Å². The molecule has 0 heterocycles. The van der Waals surface area contributed by atoms with Crippen molar-refractivity contribution in [3.63, 3.8) is 0 Å². The van der Waals surface area contributed by atoms with E-state index in [2.05, 4.69) is 11.9 Å². The fraction of sp³-hybridized carbons (Fsp3) is 0.238. The molecule has 0 saturated carbocycles. The Morgan fingerprint density at radius 1 is 1.16 bits per heavy atom. The van der Waals surface area contributed by atoms with Crippen LogP contribution in [0.2, 0.25) is 0 Å². The summed E-state index contributed by atoms with van der Waals surface area (Å²) in [5.41, 5.74) is 0.856. The molecule has 0 saturated heterocycles. The van der Waals surface area contributed by atoms with Gasteiger partial charge >= 0.3 is 5.97 Å². The van der Waals surface area contributed by atoms with E-state index in [1.165, 1.54) is 31.4 Å². The number of nitrogens with one attached hydrogen (secondary N) is 1. The second-order valence-electron chi connectivity index (χ2n) is 6.44. The van der Waals surface area contributed by atoms with Crippen molar-refractivity contribution in [2.45, 2.75) is 17.9 Å². The highest BCUT2D eigenvalue weighted by atomic mass is 32.2. The Morgan fingerprint density at radius 3 is 2.42 bits per heavy atom. The standard InChI is InChI=1S/C21H24N2O7S/c1-4-11-29-18-10-7-16(12-19(18)28-3)21(25)30-13-20(24)23-14(2)15-5-8-17(9-6-15)31(22,26)27/h4-10,12,14H,1,11,13H2,2-3H3,(H,23,24)(H2,22,26,27). The number of methoxy groups -OCH3 is 1. The maximum Gasteiger partial charge on any atom is 0.338 e. The highest BCUT2D eigenvalue weighted by molar-refractivity contribution is 7.89. The van der Waals surface area contributed by atoms with Gasteiger partial charge in [0.25, 0.3) is 5.91 Å². The summed E-state index contributed by atoms with van der Waals surface area (Å²) in [6.45, 7) is 5.06. The highest BCUT2D eigenvalue weighted by Gasteiger charge is 2.16. The number of esters is 1. The van der Waals surface area contributed by atoms with Gasteiger partial charge in [0.15, 0.2) is 18.1 Å². The molecule has 0 aromatic heterocycles. The van der Waals surface area contributed by atoms with E-state index >= 15 is 0 Å². The van der Waals surface area contributed by atoms with Gasteiger partial charge in [-0.25, -0.2) is 18.4 Å². The largest absolute Gasteiger partial charge is 0.493 e. The Morgan fingerprint density at radius 2 is 1.84 bits per heavy atom. The first kappa shape index (κ1) is 23.9. The molecule has 0 aliphatic heterocycles. The lowest BCUT2D eigenvalue weighted by Gasteiger charge is -2.15. The maximum absolute atomic E-state index is 12.2. The van der Waals surface area contributed by atoms with Crippen molar-refractivity contribution in [1.29, 1.82) is 0 Å². The molecule has 2 aromatic carbocycles. The van der Waals surface area contributed by atoms with E-state index in [1.807, 2.05) is 0 Å². The summed E-state index contributed by atoms with van der Waals surface area (Å²) < 4.78 is 38.3. The van der Waals surface area contributed by atoms with Crippen LogP contribution in [0.15, 0.2) is 60.0 Å². The Bertz CT molecular complexity index is 1050. The van der Waals surface area contributed by atoms with E-state index in [4.69, 9.17) is 19.3 Å². The van der Waals surface area contributed by atoms with Crippen molar-refractivity contribution >= 4 is 21.9 Å². The first-order chi connectivity index (χ1) is 14.7. The van der Waals surface area contributed by atoms with Crippen LogP contribution in [0.5, 0.6) is 11.5 Å². The van der Waals surface area contributed by atoms with Crippen LogP contribution in [0.3, 0.4) is 0 Å². The summed E-state index contributed by atoms with van der Waals surface area (Å²) >= 11 is 0. The van der Waals surface area contributed by atoms with Crippen LogP contribution in [-0.4, -0.2) is 40.6 Å². The highest BCUT2D eigenvalue weighted by Crippen LogP contribution is 2.28. The number of amides is 1. The fourth-order valence-corrected chi connectivity index (χ4v) is 3.11. The predicted octanol–water partition coefficient (Wildman–Crippen LogP) is 1.94. The Hall–Kier alpha value is -3.37. The van der Waals surface area contributed by atoms with Crippen LogP contribution >= 0.6 is 0 Å². The van der Waals surface area contributed by atoms with Gasteiger partial charge < -0.3 is 19.5 Å². The van der Waals surface area contributed by atoms with Crippen LogP contribution < -0.4 is 19.9 Å². The van der Waals surface area contributed by atoms with E-state index in [9.17, 15) is 18.0 Å². The zero-order valence-corrected chi connectivity index (χ0v) is 18.0. The summed E-state index contributed by atoms with van der Waals surface area (Å²) in [7, 11) is -2.35. The summed E-state index contributed by atoms with van der Waals surface area (Å²) in [6.07, 6.45) is 1.58. The Labute approximate surface area is 180 Å². The number of carbonyl (C=O) groups is 2. The predicted molar refractivity (Wildman–Crippen MR) is 113 cm³/mol. The normalized spacial score (nSPS) is 11.8. The topological polar surface area (TPSA) is 134 Å². The van der Waals surface area contributed by atoms with Crippen molar-refractivity contribution in [2.24, 2.45) is 5.14 Å². The van der Waals surface area contributed by atoms with Crippen molar-refractivity contribution in [3.05, 3.63) is 66.2 Å². The van der Waals surface area contributed by atoms with Gasteiger partial charge in [0, 0.05) is 0 Å². The molecule has 3 N–H and O–H groups in total. The molecule has 0 radical (unpaired) electrons. The average molecular weight is 448 g/mol. The third-order valence-corrected chi connectivity index (χ3v) is 5.11. The number of rotatable bonds is 10. The molecule has 0 bridgehead atoms. The molecule has 2 aromatic rings. The molecular weight excluding hydrogens is 424 g/mol. The number of carbonyl (C=O) groups excluding carboxylic acids is 2. The van der Waals surface area contributed by atoms with Gasteiger partial charge in [-0.2, -0.15) is 0 Å². The quantitative estimate of drug-likeness (QED) is 0.419. The zero-order valence-electron chi connectivity index (χ0n) is 17.2. The van der Waals surface area contributed by atoms with Gasteiger partial charge in [-0.15, -0.1) is 0 Å². The van der Waals surface area contributed by atoms with Crippen LogP contribution in [0.1, 0.15) is 28.9 Å². The van der Waals surface area contributed by atoms with E-state index in [0.717, 1.165) is 0 Å². The Balaban J connectivity index is 1.93. The third-order valence-electron chi connectivity index (χ3n) is 4.18. The van der Waals surface area contributed by atoms with E-state index < -0.39 is 34.5 Å². The minimum atomic E-state index is -3.79. The molecule has 166 valence electrons. The smallest absolute Gasteiger partial charge is 0.338 e. The van der Waals surface area contributed by atoms with Crippen molar-refractivity contribution in [1.82, 2.24) is 5.32 Å². The SMILES string of the molecule is C=CCOc1ccc(C(=O)OCC(=O)NC(C)c2ccc(S(N)(=O)=O)cc2)cc1OC. The number of hydrogen-bond donors (Lipinski definition) is 2. The second kappa shape index (κ2) is 10.6. The monoisotopic (exact) mass is 448 g/mol. The fourth-order valence-electron chi connectivity index (χ4n) is 2.59. The lowest BCUT2D eigenvalue weighted by atomic mass is 10.1. The van der Waals surface area contributed by atoms with E-state index in [-0.39, 0.29) is 17.1 Å². The molecule has 1 atom stereocenters. The van der Waals surface area contributed by atoms with Gasteiger partial charge in [0.1, 0.15) is 6.61 Å². The molecule has 9 nitrogen and oxygen atoms in total. The maximum atomic E-state index is 12.2. The minimum absolute atomic E-state index is 0.0277. The number of hydrogen-bond acceptors (Lipinski definition) is 7. The molecule has 2 rings (SSSR count). The minimum Gasteiger partial charge on any atom is -0.493 e. The molecule has 10 heteroatoms. The van der Waals surface area contributed by atoms with Gasteiger partial charge in [0.2, 0.25) is 10.0 Å². The van der Waals surface area contributed by atoms with Crippen LogP contribution in [-0.2, 0) is 19.6 Å². The zero-order chi connectivity index (χ0) is 23.0. The van der Waals surface area contributed by atoms with Crippen LogP contribution in [0.25, 0.3) is 0 Å². The first-order valence-electron chi connectivity index (χ1n) is 9.16. The van der Waals surface area contributed by atoms with Gasteiger partial charge in [-0.05, 0) is 42.8 Å². The number of ether oxygens (including phenoxy) is 3. The summed E-state index contributed by atoms with van der Waals surface area (Å²) in [5.74, 6) is -0.431. The lowest BCUT2D eigenvalue weighted by Crippen LogP contribution is -2.31. The molecular formula is C21H24N2O7S. The van der Waals surface area contributed by atoms with Crippen molar-refractivity contribution in [2.75, 3.05) is 20.3 Å². The van der Waals surface area contributed by atoms with Gasteiger partial charge in [-0.3, -0.25) is 4.79 Å².